The molecule has 27 heavy (non-hydrogen) atoms. The normalized spacial score (nSPS) is 18.9. The summed E-state index contributed by atoms with van der Waals surface area (Å²) in [5, 5.41) is 21.6. The summed E-state index contributed by atoms with van der Waals surface area (Å²) in [6, 6.07) is 5.15. The molecule has 8 nitrogen and oxygen atoms in total. The van der Waals surface area contributed by atoms with Gasteiger partial charge in [-0.2, -0.15) is 0 Å². The summed E-state index contributed by atoms with van der Waals surface area (Å²) in [7, 11) is 1.97. The fourth-order valence-corrected chi connectivity index (χ4v) is 3.46. The molecule has 0 radical (unpaired) electrons. The summed E-state index contributed by atoms with van der Waals surface area (Å²) in [6.45, 7) is 2.50. The Morgan fingerprint density at radius 2 is 2.15 bits per heavy atom. The standard InChI is InChI=1S/C19H22N6O2/c1-12-3-4-15(16(26)7-12)19(27)21-14-8-13(9-14)18-23-22-17(24(18)2)10-25-6-5-20-11-25/h3-7,11,13-14,26H,8-10H2,1-2H3,(H,21,27). The Bertz CT molecular complexity index is 957. The van der Waals surface area contributed by atoms with Crippen LogP contribution in [0.2, 0.25) is 0 Å². The van der Waals surface area contributed by atoms with Crippen LogP contribution in [-0.2, 0) is 13.6 Å². The molecule has 0 bridgehead atoms. The monoisotopic (exact) mass is 366 g/mol. The summed E-state index contributed by atoms with van der Waals surface area (Å²) >= 11 is 0. The zero-order valence-electron chi connectivity index (χ0n) is 15.3. The van der Waals surface area contributed by atoms with Gasteiger partial charge in [0.2, 0.25) is 0 Å². The van der Waals surface area contributed by atoms with E-state index in [1.165, 1.54) is 0 Å². The van der Waals surface area contributed by atoms with Crippen LogP contribution in [0.25, 0.3) is 0 Å². The van der Waals surface area contributed by atoms with Crippen molar-refractivity contribution in [2.75, 3.05) is 0 Å². The van der Waals surface area contributed by atoms with Crippen LogP contribution in [0.3, 0.4) is 0 Å². The molecule has 1 aromatic carbocycles. The SMILES string of the molecule is Cc1ccc(C(=O)NC2CC(c3nnc(Cn4ccnc4)n3C)C2)c(O)c1. The Morgan fingerprint density at radius 3 is 2.85 bits per heavy atom. The zero-order chi connectivity index (χ0) is 19.0. The first-order valence-corrected chi connectivity index (χ1v) is 8.95. The van der Waals surface area contributed by atoms with Crippen LogP contribution in [0.5, 0.6) is 5.75 Å². The lowest BCUT2D eigenvalue weighted by Gasteiger charge is -2.35. The van der Waals surface area contributed by atoms with Crippen molar-refractivity contribution in [1.29, 1.82) is 0 Å². The minimum absolute atomic E-state index is 0.0146. The molecule has 0 saturated heterocycles. The fourth-order valence-electron chi connectivity index (χ4n) is 3.46. The highest BCUT2D eigenvalue weighted by atomic mass is 16.3. The maximum atomic E-state index is 12.4. The Labute approximate surface area is 156 Å². The van der Waals surface area contributed by atoms with Crippen LogP contribution in [-0.4, -0.2) is 41.4 Å². The van der Waals surface area contributed by atoms with E-state index in [1.54, 1.807) is 24.7 Å². The number of phenols is 1. The Kier molecular flexibility index (Phi) is 4.39. The van der Waals surface area contributed by atoms with E-state index in [2.05, 4.69) is 20.5 Å². The molecular formula is C19H22N6O2. The largest absolute Gasteiger partial charge is 0.507 e. The van der Waals surface area contributed by atoms with Crippen LogP contribution in [0.4, 0.5) is 0 Å². The van der Waals surface area contributed by atoms with Gasteiger partial charge >= 0.3 is 0 Å². The van der Waals surface area contributed by atoms with Crippen molar-refractivity contribution in [2.45, 2.75) is 38.3 Å². The van der Waals surface area contributed by atoms with Gasteiger partial charge in [0.1, 0.15) is 11.6 Å². The van der Waals surface area contributed by atoms with Crippen molar-refractivity contribution >= 4 is 5.91 Å². The van der Waals surface area contributed by atoms with Crippen molar-refractivity contribution in [3.63, 3.8) is 0 Å². The molecule has 1 aliphatic carbocycles. The summed E-state index contributed by atoms with van der Waals surface area (Å²) in [5.74, 6) is 1.86. The smallest absolute Gasteiger partial charge is 0.255 e. The number of nitrogens with one attached hydrogen (secondary N) is 1. The number of carbonyl (C=O) groups excluding carboxylic acids is 1. The highest BCUT2D eigenvalue weighted by Gasteiger charge is 2.35. The number of aromatic hydroxyl groups is 1. The van der Waals surface area contributed by atoms with Gasteiger partial charge < -0.3 is 19.6 Å². The van der Waals surface area contributed by atoms with Crippen LogP contribution < -0.4 is 5.32 Å². The van der Waals surface area contributed by atoms with E-state index in [4.69, 9.17) is 0 Å². The average Bonchev–Trinajstić information content (AvgIpc) is 3.22. The number of hydrogen-bond donors (Lipinski definition) is 2. The molecule has 1 amide bonds. The Hall–Kier alpha value is -3.16. The van der Waals surface area contributed by atoms with E-state index in [9.17, 15) is 9.90 Å². The van der Waals surface area contributed by atoms with Crippen molar-refractivity contribution in [3.05, 3.63) is 59.7 Å². The van der Waals surface area contributed by atoms with E-state index in [0.717, 1.165) is 30.1 Å². The van der Waals surface area contributed by atoms with Crippen molar-refractivity contribution in [3.8, 4) is 5.75 Å². The molecule has 2 N–H and O–H groups in total. The second-order valence-electron chi connectivity index (χ2n) is 7.13. The molecule has 1 saturated carbocycles. The summed E-state index contributed by atoms with van der Waals surface area (Å²) in [4.78, 5) is 16.4. The lowest BCUT2D eigenvalue weighted by molar-refractivity contribution is 0.0904. The van der Waals surface area contributed by atoms with Gasteiger partial charge in [0, 0.05) is 31.4 Å². The predicted octanol–water partition coefficient (Wildman–Crippen LogP) is 1.75. The molecule has 3 aromatic rings. The van der Waals surface area contributed by atoms with Gasteiger partial charge in [-0.25, -0.2) is 4.98 Å². The van der Waals surface area contributed by atoms with Crippen LogP contribution in [0.15, 0.2) is 36.9 Å². The number of nitrogens with zero attached hydrogens (tertiary/aromatic N) is 5. The van der Waals surface area contributed by atoms with Crippen LogP contribution in [0, 0.1) is 6.92 Å². The second kappa shape index (κ2) is 6.86. The van der Waals surface area contributed by atoms with Gasteiger partial charge in [-0.15, -0.1) is 10.2 Å². The third-order valence-electron chi connectivity index (χ3n) is 5.12. The zero-order valence-corrected chi connectivity index (χ0v) is 15.3. The number of imidazole rings is 1. The number of aromatic nitrogens is 5. The van der Waals surface area contributed by atoms with Crippen molar-refractivity contribution in [1.82, 2.24) is 29.6 Å². The molecule has 0 aliphatic heterocycles. The maximum absolute atomic E-state index is 12.4. The van der Waals surface area contributed by atoms with E-state index in [1.807, 2.05) is 35.4 Å². The van der Waals surface area contributed by atoms with Gasteiger partial charge in [0.25, 0.3) is 5.91 Å². The molecule has 0 atom stereocenters. The predicted molar refractivity (Wildman–Crippen MR) is 98.4 cm³/mol. The molecule has 1 fully saturated rings. The van der Waals surface area contributed by atoms with Gasteiger partial charge in [-0.1, -0.05) is 6.07 Å². The molecule has 2 heterocycles. The lowest BCUT2D eigenvalue weighted by Crippen LogP contribution is -2.44. The Morgan fingerprint density at radius 1 is 1.33 bits per heavy atom. The van der Waals surface area contributed by atoms with E-state index < -0.39 is 0 Å². The van der Waals surface area contributed by atoms with Gasteiger partial charge in [-0.05, 0) is 37.5 Å². The second-order valence-corrected chi connectivity index (χ2v) is 7.13. The average molecular weight is 366 g/mol. The molecule has 8 heteroatoms. The first kappa shape index (κ1) is 17.3. The molecule has 0 unspecified atom stereocenters. The van der Waals surface area contributed by atoms with E-state index >= 15 is 0 Å². The van der Waals surface area contributed by atoms with Crippen LogP contribution >= 0.6 is 0 Å². The van der Waals surface area contributed by atoms with Gasteiger partial charge in [-0.3, -0.25) is 4.79 Å². The van der Waals surface area contributed by atoms with Crippen molar-refractivity contribution < 1.29 is 9.90 Å². The molecule has 2 aromatic heterocycles. The summed E-state index contributed by atoms with van der Waals surface area (Å²) in [5.41, 5.74) is 1.23. The van der Waals surface area contributed by atoms with Crippen LogP contribution in [0.1, 0.15) is 46.3 Å². The summed E-state index contributed by atoms with van der Waals surface area (Å²) in [6.07, 6.45) is 7.01. The fraction of sp³-hybridized carbons (Fsp3) is 0.368. The quantitative estimate of drug-likeness (QED) is 0.717. The lowest BCUT2D eigenvalue weighted by atomic mass is 9.79. The number of aryl methyl sites for hydroxylation is 1. The molecular weight excluding hydrogens is 344 g/mol. The van der Waals surface area contributed by atoms with E-state index in [0.29, 0.717) is 12.1 Å². The molecule has 0 spiro atoms. The topological polar surface area (TPSA) is 97.9 Å². The minimum atomic E-state index is -0.241. The number of amides is 1. The van der Waals surface area contributed by atoms with Crippen molar-refractivity contribution in [2.24, 2.45) is 7.05 Å². The maximum Gasteiger partial charge on any atom is 0.255 e. The highest BCUT2D eigenvalue weighted by Crippen LogP contribution is 2.36. The Balaban J connectivity index is 1.35. The first-order valence-electron chi connectivity index (χ1n) is 8.95. The summed E-state index contributed by atoms with van der Waals surface area (Å²) < 4.78 is 3.97. The molecule has 4 rings (SSSR count). The molecule has 140 valence electrons. The number of carbonyl (C=O) groups is 1. The highest BCUT2D eigenvalue weighted by molar-refractivity contribution is 5.97. The third kappa shape index (κ3) is 3.42. The third-order valence-corrected chi connectivity index (χ3v) is 5.12. The number of benzene rings is 1. The molecule has 1 aliphatic rings. The van der Waals surface area contributed by atoms with Gasteiger partial charge in [0.05, 0.1) is 18.4 Å². The van der Waals surface area contributed by atoms with Gasteiger partial charge in [0.15, 0.2) is 5.82 Å². The number of hydrogen-bond acceptors (Lipinski definition) is 5. The minimum Gasteiger partial charge on any atom is -0.507 e. The number of rotatable bonds is 5. The first-order chi connectivity index (χ1) is 13.0. The van der Waals surface area contributed by atoms with E-state index in [-0.39, 0.29) is 23.6 Å². The number of phenolic OH excluding ortho intramolecular Hbond substituents is 1.